The van der Waals surface area contributed by atoms with Crippen LogP contribution >= 0.6 is 11.6 Å². The van der Waals surface area contributed by atoms with Gasteiger partial charge in [0.15, 0.2) is 11.6 Å². The van der Waals surface area contributed by atoms with Crippen LogP contribution in [0.2, 0.25) is 5.02 Å². The van der Waals surface area contributed by atoms with Gasteiger partial charge in [-0.3, -0.25) is 9.59 Å². The van der Waals surface area contributed by atoms with Gasteiger partial charge in [0.1, 0.15) is 17.6 Å². The molecule has 1 aliphatic carbocycles. The first-order chi connectivity index (χ1) is 9.50. The normalized spacial score (nSPS) is 14.8. The lowest BCUT2D eigenvalue weighted by Gasteiger charge is -2.10. The van der Waals surface area contributed by atoms with Crippen molar-refractivity contribution in [2.24, 2.45) is 0 Å². The third-order valence-corrected chi connectivity index (χ3v) is 3.53. The van der Waals surface area contributed by atoms with E-state index in [9.17, 15) is 18.4 Å². The molecule has 0 saturated carbocycles. The summed E-state index contributed by atoms with van der Waals surface area (Å²) in [5, 5.41) is -0.126. The van der Waals surface area contributed by atoms with Crippen molar-refractivity contribution in [1.29, 1.82) is 0 Å². The Balaban J connectivity index is 2.19. The Hall–Kier alpha value is -2.07. The fourth-order valence-corrected chi connectivity index (χ4v) is 2.63. The van der Waals surface area contributed by atoms with E-state index in [2.05, 4.69) is 0 Å². The zero-order valence-corrected chi connectivity index (χ0v) is 10.7. The molecule has 0 N–H and O–H groups in total. The lowest BCUT2D eigenvalue weighted by Crippen LogP contribution is -2.16. The summed E-state index contributed by atoms with van der Waals surface area (Å²) in [5.41, 5.74) is -0.159. The molecule has 0 fully saturated rings. The minimum Gasteiger partial charge on any atom is -0.293 e. The van der Waals surface area contributed by atoms with E-state index in [1.54, 1.807) is 12.1 Å². The minimum atomic E-state index is -1.47. The second-order valence-corrected chi connectivity index (χ2v) is 4.93. The Bertz CT molecular complexity index is 697. The first-order valence-electron chi connectivity index (χ1n) is 5.82. The standard InChI is InChI=1S/C15H7ClF2O2/c16-7-5-10(17)12(11(18)6-7)13-14(19)8-3-1-2-4-9(8)15(13)20/h1-6,13H. The molecule has 0 bridgehead atoms. The van der Waals surface area contributed by atoms with E-state index >= 15 is 0 Å². The SMILES string of the molecule is O=C1c2ccccc2C(=O)C1c1c(F)cc(Cl)cc1F. The average molecular weight is 293 g/mol. The van der Waals surface area contributed by atoms with Crippen LogP contribution in [0.15, 0.2) is 36.4 Å². The maximum absolute atomic E-state index is 13.9. The van der Waals surface area contributed by atoms with Crippen LogP contribution in [-0.2, 0) is 0 Å². The Morgan fingerprint density at radius 1 is 0.900 bits per heavy atom. The molecule has 0 radical (unpaired) electrons. The highest BCUT2D eigenvalue weighted by Crippen LogP contribution is 2.37. The molecule has 0 aliphatic heterocycles. The van der Waals surface area contributed by atoms with E-state index in [1.165, 1.54) is 12.1 Å². The highest BCUT2D eigenvalue weighted by atomic mass is 35.5. The topological polar surface area (TPSA) is 34.1 Å². The number of benzene rings is 2. The van der Waals surface area contributed by atoms with Crippen molar-refractivity contribution in [2.45, 2.75) is 5.92 Å². The van der Waals surface area contributed by atoms with Crippen LogP contribution in [0, 0.1) is 11.6 Å². The second kappa shape index (κ2) is 4.49. The van der Waals surface area contributed by atoms with Crippen LogP contribution in [0.5, 0.6) is 0 Å². The van der Waals surface area contributed by atoms with Crippen molar-refractivity contribution in [3.63, 3.8) is 0 Å². The first kappa shape index (κ1) is 12.9. The van der Waals surface area contributed by atoms with E-state index in [1.807, 2.05) is 0 Å². The molecule has 2 aromatic rings. The predicted molar refractivity (Wildman–Crippen MR) is 69.2 cm³/mol. The van der Waals surface area contributed by atoms with Gasteiger partial charge in [-0.2, -0.15) is 0 Å². The highest BCUT2D eigenvalue weighted by Gasteiger charge is 2.42. The Morgan fingerprint density at radius 3 is 1.80 bits per heavy atom. The van der Waals surface area contributed by atoms with Gasteiger partial charge >= 0.3 is 0 Å². The van der Waals surface area contributed by atoms with Crippen molar-refractivity contribution in [2.75, 3.05) is 0 Å². The number of hydrogen-bond donors (Lipinski definition) is 0. The molecule has 20 heavy (non-hydrogen) atoms. The van der Waals surface area contributed by atoms with E-state index in [4.69, 9.17) is 11.6 Å². The van der Waals surface area contributed by atoms with Gasteiger partial charge in [0.05, 0.1) is 0 Å². The number of Topliss-reactive ketones (excluding diaryl/α,β-unsaturated/α-hetero) is 2. The number of ketones is 2. The first-order valence-corrected chi connectivity index (χ1v) is 6.20. The van der Waals surface area contributed by atoms with Crippen molar-refractivity contribution >= 4 is 23.2 Å². The Labute approximate surface area is 118 Å². The van der Waals surface area contributed by atoms with Crippen molar-refractivity contribution in [3.05, 3.63) is 69.7 Å². The van der Waals surface area contributed by atoms with E-state index in [0.717, 1.165) is 12.1 Å². The highest BCUT2D eigenvalue weighted by molar-refractivity contribution is 6.31. The lowest BCUT2D eigenvalue weighted by atomic mass is 9.93. The van der Waals surface area contributed by atoms with Crippen molar-refractivity contribution in [3.8, 4) is 0 Å². The number of fused-ring (bicyclic) bond motifs is 1. The molecule has 2 aromatic carbocycles. The third kappa shape index (κ3) is 1.76. The number of carbonyl (C=O) groups excluding carboxylic acids is 2. The fourth-order valence-electron chi connectivity index (χ4n) is 2.43. The molecule has 5 heteroatoms. The van der Waals surface area contributed by atoms with Crippen LogP contribution in [0.3, 0.4) is 0 Å². The fraction of sp³-hybridized carbons (Fsp3) is 0.0667. The summed E-state index contributed by atoms with van der Waals surface area (Å²) in [6.07, 6.45) is 0. The average Bonchev–Trinajstić information content (AvgIpc) is 2.64. The molecule has 2 nitrogen and oxygen atoms in total. The molecule has 0 aromatic heterocycles. The molecule has 1 aliphatic rings. The van der Waals surface area contributed by atoms with Crippen molar-refractivity contribution < 1.29 is 18.4 Å². The quantitative estimate of drug-likeness (QED) is 0.750. The minimum absolute atomic E-state index is 0.126. The molecular weight excluding hydrogens is 286 g/mol. The van der Waals surface area contributed by atoms with Gasteiger partial charge in [-0.15, -0.1) is 0 Å². The summed E-state index contributed by atoms with van der Waals surface area (Å²) in [6.45, 7) is 0. The third-order valence-electron chi connectivity index (χ3n) is 3.31. The largest absolute Gasteiger partial charge is 0.293 e. The summed E-state index contributed by atoms with van der Waals surface area (Å²) in [7, 11) is 0. The summed E-state index contributed by atoms with van der Waals surface area (Å²) < 4.78 is 27.8. The molecule has 0 spiro atoms. The molecular formula is C15H7ClF2O2. The maximum atomic E-state index is 13.9. The summed E-state index contributed by atoms with van der Waals surface area (Å²) in [5.74, 6) is -4.63. The smallest absolute Gasteiger partial charge is 0.179 e. The van der Waals surface area contributed by atoms with E-state index < -0.39 is 34.7 Å². The zero-order valence-electron chi connectivity index (χ0n) is 9.99. The van der Waals surface area contributed by atoms with Gasteiger partial charge in [-0.25, -0.2) is 8.78 Å². The summed E-state index contributed by atoms with van der Waals surface area (Å²) in [4.78, 5) is 24.4. The summed E-state index contributed by atoms with van der Waals surface area (Å²) >= 11 is 5.54. The van der Waals surface area contributed by atoms with Gasteiger partial charge in [0, 0.05) is 21.7 Å². The Kier molecular flexibility index (Phi) is 2.91. The van der Waals surface area contributed by atoms with Gasteiger partial charge in [0.2, 0.25) is 0 Å². The second-order valence-electron chi connectivity index (χ2n) is 4.49. The van der Waals surface area contributed by atoms with Gasteiger partial charge in [0.25, 0.3) is 0 Å². The van der Waals surface area contributed by atoms with Crippen LogP contribution in [-0.4, -0.2) is 11.6 Å². The van der Waals surface area contributed by atoms with Crippen LogP contribution in [0.25, 0.3) is 0 Å². The lowest BCUT2D eigenvalue weighted by molar-refractivity contribution is 0.0885. The number of rotatable bonds is 1. The molecule has 100 valence electrons. The number of halogens is 3. The van der Waals surface area contributed by atoms with Gasteiger partial charge in [-0.05, 0) is 12.1 Å². The molecule has 0 unspecified atom stereocenters. The molecule has 0 saturated heterocycles. The number of carbonyl (C=O) groups is 2. The zero-order chi connectivity index (χ0) is 14.4. The molecule has 3 rings (SSSR count). The molecule has 0 atom stereocenters. The molecule has 0 heterocycles. The monoisotopic (exact) mass is 292 g/mol. The Morgan fingerprint density at radius 2 is 1.35 bits per heavy atom. The molecule has 0 amide bonds. The van der Waals surface area contributed by atoms with Gasteiger partial charge in [-0.1, -0.05) is 35.9 Å². The van der Waals surface area contributed by atoms with Crippen LogP contribution < -0.4 is 0 Å². The van der Waals surface area contributed by atoms with Crippen molar-refractivity contribution in [1.82, 2.24) is 0 Å². The number of hydrogen-bond acceptors (Lipinski definition) is 2. The van der Waals surface area contributed by atoms with Crippen LogP contribution in [0.1, 0.15) is 32.2 Å². The van der Waals surface area contributed by atoms with Crippen LogP contribution in [0.4, 0.5) is 8.78 Å². The summed E-state index contributed by atoms with van der Waals surface area (Å²) in [6, 6.07) is 7.93. The van der Waals surface area contributed by atoms with Gasteiger partial charge < -0.3 is 0 Å². The van der Waals surface area contributed by atoms with E-state index in [0.29, 0.717) is 0 Å². The maximum Gasteiger partial charge on any atom is 0.179 e. The predicted octanol–water partition coefficient (Wildman–Crippen LogP) is 3.78. The van der Waals surface area contributed by atoms with E-state index in [-0.39, 0.29) is 16.1 Å².